The van der Waals surface area contributed by atoms with Gasteiger partial charge < -0.3 is 10.1 Å². The molecule has 0 unspecified atom stereocenters. The van der Waals surface area contributed by atoms with Crippen molar-refractivity contribution in [2.45, 2.75) is 57.3 Å². The number of carbonyl (C=O) groups excluding carboxylic acids is 1. The molecule has 0 bridgehead atoms. The average molecular weight is 519 g/mol. The van der Waals surface area contributed by atoms with Crippen molar-refractivity contribution in [3.8, 4) is 5.19 Å². The van der Waals surface area contributed by atoms with Gasteiger partial charge in [-0.2, -0.15) is 13.2 Å². The van der Waals surface area contributed by atoms with Crippen molar-refractivity contribution in [3.05, 3.63) is 52.7 Å². The average Bonchev–Trinajstić information content (AvgIpc) is 3.29. The van der Waals surface area contributed by atoms with Crippen LogP contribution in [0.5, 0.6) is 5.19 Å². The van der Waals surface area contributed by atoms with E-state index in [0.717, 1.165) is 73.1 Å². The third kappa shape index (κ3) is 6.15. The fourth-order valence-electron chi connectivity index (χ4n) is 5.15. The Morgan fingerprint density at radius 1 is 1.17 bits per heavy atom. The Kier molecular flexibility index (Phi) is 7.43. The standard InChI is InChI=1S/C26H29F3N4O2S/c27-26(28,29)16-35-25-32-22-15-33(14-11-23(22)36-25)13-10-17-6-8-18(9-7-17)31-24(34)20-3-1-5-21-19(20)4-2-12-30-21/h1-5,12,17-18H,6-11,13-16H2,(H,31,34). The number of carbonyl (C=O) groups is 1. The first-order valence-corrected chi connectivity index (χ1v) is 13.2. The van der Waals surface area contributed by atoms with Crippen LogP contribution in [-0.4, -0.2) is 52.7 Å². The fraction of sp³-hybridized carbons (Fsp3) is 0.500. The number of nitrogens with one attached hydrogen (secondary N) is 1. The molecule has 1 aliphatic heterocycles. The van der Waals surface area contributed by atoms with Crippen LogP contribution in [0.15, 0.2) is 36.5 Å². The Balaban J connectivity index is 1.06. The number of halogens is 3. The Hall–Kier alpha value is -2.72. The second kappa shape index (κ2) is 10.7. The third-order valence-corrected chi connectivity index (χ3v) is 8.14. The van der Waals surface area contributed by atoms with Crippen molar-refractivity contribution in [1.82, 2.24) is 20.2 Å². The maximum atomic E-state index is 12.9. The number of pyridine rings is 1. The summed E-state index contributed by atoms with van der Waals surface area (Å²) >= 11 is 1.23. The summed E-state index contributed by atoms with van der Waals surface area (Å²) in [6.07, 6.45) is 3.34. The molecule has 2 aliphatic rings. The molecule has 6 nitrogen and oxygen atoms in total. The van der Waals surface area contributed by atoms with Gasteiger partial charge in [0.2, 0.25) is 0 Å². The minimum atomic E-state index is -4.35. The molecule has 0 saturated heterocycles. The Morgan fingerprint density at radius 2 is 2.00 bits per heavy atom. The van der Waals surface area contributed by atoms with Crippen LogP contribution in [0.1, 0.15) is 53.0 Å². The molecule has 1 fully saturated rings. The van der Waals surface area contributed by atoms with Gasteiger partial charge in [-0.1, -0.05) is 23.5 Å². The zero-order valence-corrected chi connectivity index (χ0v) is 20.7. The predicted octanol–water partition coefficient (Wildman–Crippen LogP) is 5.37. The lowest BCUT2D eigenvalue weighted by Gasteiger charge is -2.32. The van der Waals surface area contributed by atoms with Crippen molar-refractivity contribution in [2.75, 3.05) is 19.7 Å². The van der Waals surface area contributed by atoms with Crippen molar-refractivity contribution in [1.29, 1.82) is 0 Å². The number of hydrogen-bond acceptors (Lipinski definition) is 6. The number of rotatable bonds is 7. The van der Waals surface area contributed by atoms with E-state index in [1.54, 1.807) is 6.20 Å². The molecule has 3 heterocycles. The van der Waals surface area contributed by atoms with E-state index < -0.39 is 12.8 Å². The molecule has 36 heavy (non-hydrogen) atoms. The van der Waals surface area contributed by atoms with Gasteiger partial charge in [-0.25, -0.2) is 4.98 Å². The molecule has 2 aromatic heterocycles. The summed E-state index contributed by atoms with van der Waals surface area (Å²) in [5, 5.41) is 4.20. The molecule has 0 spiro atoms. The molecule has 10 heteroatoms. The highest BCUT2D eigenvalue weighted by Crippen LogP contribution is 2.32. The quantitative estimate of drug-likeness (QED) is 0.456. The van der Waals surface area contributed by atoms with Gasteiger partial charge in [-0.05, 0) is 69.2 Å². The van der Waals surface area contributed by atoms with Crippen LogP contribution in [0.3, 0.4) is 0 Å². The number of alkyl halides is 3. The second-order valence-corrected chi connectivity index (χ2v) is 10.7. The molecular weight excluding hydrogens is 489 g/mol. The molecule has 1 saturated carbocycles. The lowest BCUT2D eigenvalue weighted by molar-refractivity contribution is -0.153. The largest absolute Gasteiger partial charge is 0.460 e. The molecule has 0 atom stereocenters. The number of hydrogen-bond donors (Lipinski definition) is 1. The van der Waals surface area contributed by atoms with Crippen molar-refractivity contribution >= 4 is 28.1 Å². The first-order chi connectivity index (χ1) is 17.3. The summed E-state index contributed by atoms with van der Waals surface area (Å²) in [7, 11) is 0. The van der Waals surface area contributed by atoms with E-state index in [9.17, 15) is 18.0 Å². The van der Waals surface area contributed by atoms with E-state index in [0.29, 0.717) is 18.0 Å². The number of aromatic nitrogens is 2. The first kappa shape index (κ1) is 25.0. The zero-order chi connectivity index (χ0) is 25.1. The van der Waals surface area contributed by atoms with Crippen molar-refractivity contribution in [3.63, 3.8) is 0 Å². The summed E-state index contributed by atoms with van der Waals surface area (Å²) in [5.74, 6) is 0.574. The number of thiazole rings is 1. The molecule has 5 rings (SSSR count). The number of nitrogens with zero attached hydrogens (tertiary/aromatic N) is 3. The van der Waals surface area contributed by atoms with E-state index in [4.69, 9.17) is 4.74 Å². The van der Waals surface area contributed by atoms with Crippen molar-refractivity contribution in [2.24, 2.45) is 5.92 Å². The highest BCUT2D eigenvalue weighted by atomic mass is 32.1. The Morgan fingerprint density at radius 3 is 2.81 bits per heavy atom. The normalized spacial score (nSPS) is 20.8. The number of ether oxygens (including phenoxy) is 1. The topological polar surface area (TPSA) is 67.4 Å². The number of fused-ring (bicyclic) bond motifs is 2. The van der Waals surface area contributed by atoms with Crippen LogP contribution in [0.25, 0.3) is 10.9 Å². The zero-order valence-electron chi connectivity index (χ0n) is 19.9. The number of benzene rings is 1. The number of amides is 1. The molecule has 0 radical (unpaired) electrons. The molecule has 1 aromatic carbocycles. The minimum absolute atomic E-state index is 0.0389. The summed E-state index contributed by atoms with van der Waals surface area (Å²) < 4.78 is 42.0. The van der Waals surface area contributed by atoms with Crippen LogP contribution < -0.4 is 10.1 Å². The minimum Gasteiger partial charge on any atom is -0.460 e. The molecule has 1 amide bonds. The summed E-state index contributed by atoms with van der Waals surface area (Å²) in [4.78, 5) is 24.9. The van der Waals surface area contributed by atoms with Gasteiger partial charge in [0.1, 0.15) is 0 Å². The summed E-state index contributed by atoms with van der Waals surface area (Å²) in [5.41, 5.74) is 2.33. The Labute approximate surface area is 211 Å². The predicted molar refractivity (Wildman–Crippen MR) is 132 cm³/mol. The monoisotopic (exact) mass is 518 g/mol. The van der Waals surface area contributed by atoms with Crippen LogP contribution in [0, 0.1) is 5.92 Å². The summed E-state index contributed by atoms with van der Waals surface area (Å²) in [6, 6.07) is 9.59. The van der Waals surface area contributed by atoms with E-state index >= 15 is 0 Å². The van der Waals surface area contributed by atoms with Crippen LogP contribution in [0.2, 0.25) is 0 Å². The highest BCUT2D eigenvalue weighted by molar-refractivity contribution is 7.13. The van der Waals surface area contributed by atoms with E-state index in [1.165, 1.54) is 11.3 Å². The van der Waals surface area contributed by atoms with E-state index in [1.807, 2.05) is 30.3 Å². The molecule has 192 valence electrons. The van der Waals surface area contributed by atoms with Crippen LogP contribution in [0.4, 0.5) is 13.2 Å². The maximum Gasteiger partial charge on any atom is 0.422 e. The fourth-order valence-corrected chi connectivity index (χ4v) is 6.06. The second-order valence-electron chi connectivity index (χ2n) is 9.64. The Bertz CT molecular complexity index is 1200. The molecule has 1 aliphatic carbocycles. The molecule has 1 N–H and O–H groups in total. The third-order valence-electron chi connectivity index (χ3n) is 7.07. The van der Waals surface area contributed by atoms with Gasteiger partial charge in [-0.15, -0.1) is 0 Å². The maximum absolute atomic E-state index is 12.9. The van der Waals surface area contributed by atoms with Crippen LogP contribution >= 0.6 is 11.3 Å². The first-order valence-electron chi connectivity index (χ1n) is 12.4. The SMILES string of the molecule is O=C(NC1CCC(CCN2CCc3sc(OCC(F)(F)F)nc3C2)CC1)c1cccc2ncccc12. The van der Waals surface area contributed by atoms with E-state index in [-0.39, 0.29) is 17.1 Å². The van der Waals surface area contributed by atoms with Crippen LogP contribution in [-0.2, 0) is 13.0 Å². The van der Waals surface area contributed by atoms with E-state index in [2.05, 4.69) is 20.2 Å². The summed E-state index contributed by atoms with van der Waals surface area (Å²) in [6.45, 7) is 1.19. The smallest absolute Gasteiger partial charge is 0.422 e. The lowest BCUT2D eigenvalue weighted by atomic mass is 9.84. The van der Waals surface area contributed by atoms with Crippen molar-refractivity contribution < 1.29 is 22.7 Å². The van der Waals surface area contributed by atoms with Gasteiger partial charge in [0.15, 0.2) is 6.61 Å². The van der Waals surface area contributed by atoms with Gasteiger partial charge in [-0.3, -0.25) is 14.7 Å². The molecule has 3 aromatic rings. The molecular formula is C26H29F3N4O2S. The van der Waals surface area contributed by atoms with Gasteiger partial charge in [0.25, 0.3) is 11.1 Å². The van der Waals surface area contributed by atoms with Gasteiger partial charge in [0.05, 0.1) is 11.2 Å². The lowest BCUT2D eigenvalue weighted by Crippen LogP contribution is -2.38. The van der Waals surface area contributed by atoms with Gasteiger partial charge >= 0.3 is 6.18 Å². The van der Waals surface area contributed by atoms with Gasteiger partial charge in [0, 0.05) is 41.2 Å². The highest BCUT2D eigenvalue weighted by Gasteiger charge is 2.30.